The summed E-state index contributed by atoms with van der Waals surface area (Å²) >= 11 is 0. The minimum Gasteiger partial charge on any atom is -0.324 e. The molecule has 3 aliphatic heterocycles. The molecule has 0 aliphatic carbocycles. The molecular weight excluding hydrogens is 330 g/mol. The summed E-state index contributed by atoms with van der Waals surface area (Å²) in [7, 11) is 0. The molecule has 6 nitrogen and oxygen atoms in total. The summed E-state index contributed by atoms with van der Waals surface area (Å²) in [6, 6.07) is 5.59. The molecule has 3 amide bonds. The molecule has 26 heavy (non-hydrogen) atoms. The molecule has 2 fully saturated rings. The van der Waals surface area contributed by atoms with E-state index in [1.54, 1.807) is 0 Å². The second kappa shape index (κ2) is 5.91. The second-order valence-electron chi connectivity index (χ2n) is 7.57. The number of hydrogen-bond acceptors (Lipinski definition) is 4. The van der Waals surface area contributed by atoms with Gasteiger partial charge in [0.2, 0.25) is 17.7 Å². The lowest BCUT2D eigenvalue weighted by Crippen LogP contribution is -2.52. The number of nitrogens with zero attached hydrogens (tertiary/aromatic N) is 1. The van der Waals surface area contributed by atoms with Gasteiger partial charge in [-0.15, -0.1) is 0 Å². The predicted molar refractivity (Wildman–Crippen MR) is 97.3 cm³/mol. The van der Waals surface area contributed by atoms with Crippen LogP contribution in [-0.2, 0) is 26.3 Å². The van der Waals surface area contributed by atoms with Gasteiger partial charge in [0.15, 0.2) is 0 Å². The summed E-state index contributed by atoms with van der Waals surface area (Å²) in [6.45, 7) is 6.41. The van der Waals surface area contributed by atoms with Crippen molar-refractivity contribution in [3.63, 3.8) is 0 Å². The maximum atomic E-state index is 13.2. The van der Waals surface area contributed by atoms with Gasteiger partial charge in [-0.1, -0.05) is 38.5 Å². The highest BCUT2D eigenvalue weighted by Crippen LogP contribution is 2.53. The van der Waals surface area contributed by atoms with E-state index >= 15 is 0 Å². The number of imide groups is 1. The summed E-state index contributed by atoms with van der Waals surface area (Å²) in [4.78, 5) is 40.6. The maximum Gasteiger partial charge on any atom is 0.250 e. The topological polar surface area (TPSA) is 78.5 Å². The first kappa shape index (κ1) is 17.2. The van der Waals surface area contributed by atoms with Gasteiger partial charge in [-0.25, -0.2) is 0 Å². The number of amides is 3. The average molecular weight is 355 g/mol. The number of likely N-dealkylation sites (tertiary alicyclic amines) is 1. The Balaban J connectivity index is 1.83. The van der Waals surface area contributed by atoms with Crippen LogP contribution >= 0.6 is 0 Å². The van der Waals surface area contributed by atoms with E-state index in [4.69, 9.17) is 0 Å². The molecule has 3 heterocycles. The lowest BCUT2D eigenvalue weighted by atomic mass is 9.76. The van der Waals surface area contributed by atoms with E-state index in [1.807, 2.05) is 39.0 Å². The highest BCUT2D eigenvalue weighted by molar-refractivity contribution is 6.15. The standard InChI is InChI=1S/C20H25N3O3/c1-4-6-10-23-17(24)14-11(3)22-20(15(14)18(23)25)13-9-7-8-12(5-2)16(13)21-19(20)26/h7-9,11,14-15,22H,4-6,10H2,1-3H3,(H,21,26)/t11-,14-,15+,20+/m1/s1. The van der Waals surface area contributed by atoms with Crippen LogP contribution in [0.25, 0.3) is 0 Å². The quantitative estimate of drug-likeness (QED) is 0.807. The lowest BCUT2D eigenvalue weighted by molar-refractivity contribution is -0.142. The molecule has 1 aromatic rings. The smallest absolute Gasteiger partial charge is 0.250 e. The van der Waals surface area contributed by atoms with Gasteiger partial charge in [0.1, 0.15) is 5.54 Å². The van der Waals surface area contributed by atoms with Crippen LogP contribution < -0.4 is 10.6 Å². The normalized spacial score (nSPS) is 32.3. The van der Waals surface area contributed by atoms with Crippen molar-refractivity contribution in [2.45, 2.75) is 51.6 Å². The van der Waals surface area contributed by atoms with Crippen LogP contribution in [0.3, 0.4) is 0 Å². The molecule has 2 N–H and O–H groups in total. The first-order valence-corrected chi connectivity index (χ1v) is 9.54. The van der Waals surface area contributed by atoms with Crippen molar-refractivity contribution in [1.82, 2.24) is 10.2 Å². The Bertz CT molecular complexity index is 805. The molecule has 6 heteroatoms. The van der Waals surface area contributed by atoms with Gasteiger partial charge in [-0.2, -0.15) is 0 Å². The molecular formula is C20H25N3O3. The van der Waals surface area contributed by atoms with E-state index in [0.29, 0.717) is 6.54 Å². The number of hydrogen-bond donors (Lipinski definition) is 2. The lowest BCUT2D eigenvalue weighted by Gasteiger charge is -2.29. The zero-order valence-corrected chi connectivity index (χ0v) is 15.5. The number of carbonyl (C=O) groups excluding carboxylic acids is 3. The molecule has 1 spiro atoms. The number of benzene rings is 1. The second-order valence-corrected chi connectivity index (χ2v) is 7.57. The number of fused-ring (bicyclic) bond motifs is 4. The molecule has 0 saturated carbocycles. The molecule has 1 aromatic carbocycles. The highest BCUT2D eigenvalue weighted by Gasteiger charge is 2.69. The Kier molecular flexibility index (Phi) is 3.91. The van der Waals surface area contributed by atoms with Crippen LogP contribution in [0.1, 0.15) is 44.7 Å². The molecule has 0 aromatic heterocycles. The van der Waals surface area contributed by atoms with E-state index in [9.17, 15) is 14.4 Å². The van der Waals surface area contributed by atoms with Crippen molar-refractivity contribution in [3.05, 3.63) is 29.3 Å². The Morgan fingerprint density at radius 3 is 2.62 bits per heavy atom. The largest absolute Gasteiger partial charge is 0.324 e. The summed E-state index contributed by atoms with van der Waals surface area (Å²) in [5.74, 6) is -1.73. The van der Waals surface area contributed by atoms with Gasteiger partial charge in [-0.3, -0.25) is 24.6 Å². The molecule has 2 saturated heterocycles. The SMILES string of the molecule is CCCCN1C(=O)[C@H]2[C@@H](C1=O)[C@]1(N[C@@H]2C)C(=O)Nc2c(CC)cccc21. The number of aryl methyl sites for hydroxylation is 1. The van der Waals surface area contributed by atoms with E-state index < -0.39 is 17.4 Å². The van der Waals surface area contributed by atoms with Crippen molar-refractivity contribution < 1.29 is 14.4 Å². The average Bonchev–Trinajstić information content (AvgIpc) is 3.18. The first-order valence-electron chi connectivity index (χ1n) is 9.54. The van der Waals surface area contributed by atoms with Gasteiger partial charge in [0.05, 0.1) is 11.8 Å². The Morgan fingerprint density at radius 1 is 1.15 bits per heavy atom. The summed E-state index contributed by atoms with van der Waals surface area (Å²) in [6.07, 6.45) is 2.49. The van der Waals surface area contributed by atoms with Crippen molar-refractivity contribution in [3.8, 4) is 0 Å². The Labute approximate surface area is 153 Å². The zero-order chi connectivity index (χ0) is 18.6. The fraction of sp³-hybridized carbons (Fsp3) is 0.550. The summed E-state index contributed by atoms with van der Waals surface area (Å²) in [5, 5.41) is 6.34. The van der Waals surface area contributed by atoms with Gasteiger partial charge >= 0.3 is 0 Å². The predicted octanol–water partition coefficient (Wildman–Crippen LogP) is 1.79. The molecule has 0 unspecified atom stereocenters. The van der Waals surface area contributed by atoms with E-state index in [0.717, 1.165) is 36.1 Å². The van der Waals surface area contributed by atoms with Gasteiger partial charge < -0.3 is 5.32 Å². The van der Waals surface area contributed by atoms with Gasteiger partial charge in [-0.05, 0) is 25.3 Å². The van der Waals surface area contributed by atoms with Crippen LogP contribution in [0.15, 0.2) is 18.2 Å². The number of unbranched alkanes of at least 4 members (excludes halogenated alkanes) is 1. The highest BCUT2D eigenvalue weighted by atomic mass is 16.2. The molecule has 0 bridgehead atoms. The van der Waals surface area contributed by atoms with Crippen molar-refractivity contribution in [2.24, 2.45) is 11.8 Å². The number of carbonyl (C=O) groups is 3. The van der Waals surface area contributed by atoms with Crippen molar-refractivity contribution in [1.29, 1.82) is 0 Å². The van der Waals surface area contributed by atoms with Crippen molar-refractivity contribution in [2.75, 3.05) is 11.9 Å². The number of nitrogens with one attached hydrogen (secondary N) is 2. The Hall–Kier alpha value is -2.21. The first-order chi connectivity index (χ1) is 12.5. The number of para-hydroxylation sites is 1. The maximum absolute atomic E-state index is 13.2. The number of rotatable bonds is 4. The monoisotopic (exact) mass is 355 g/mol. The molecule has 4 atom stereocenters. The number of anilines is 1. The van der Waals surface area contributed by atoms with E-state index in [1.165, 1.54) is 4.90 Å². The van der Waals surface area contributed by atoms with Crippen LogP contribution in [0.2, 0.25) is 0 Å². The van der Waals surface area contributed by atoms with E-state index in [-0.39, 0.29) is 23.8 Å². The minimum atomic E-state index is -1.14. The zero-order valence-electron chi connectivity index (χ0n) is 15.5. The van der Waals surface area contributed by atoms with Crippen LogP contribution in [0.5, 0.6) is 0 Å². The van der Waals surface area contributed by atoms with Crippen molar-refractivity contribution >= 4 is 23.4 Å². The minimum absolute atomic E-state index is 0.141. The van der Waals surface area contributed by atoms with Crippen LogP contribution in [0, 0.1) is 11.8 Å². The molecule has 3 aliphatic rings. The fourth-order valence-corrected chi connectivity index (χ4v) is 4.94. The van der Waals surface area contributed by atoms with E-state index in [2.05, 4.69) is 10.6 Å². The molecule has 138 valence electrons. The molecule has 4 rings (SSSR count). The third-order valence-corrected chi connectivity index (χ3v) is 6.19. The van der Waals surface area contributed by atoms with Gasteiger partial charge in [0, 0.05) is 23.8 Å². The van der Waals surface area contributed by atoms with Crippen LogP contribution in [-0.4, -0.2) is 35.2 Å². The third kappa shape index (κ3) is 1.99. The van der Waals surface area contributed by atoms with Gasteiger partial charge in [0.25, 0.3) is 0 Å². The Morgan fingerprint density at radius 2 is 1.92 bits per heavy atom. The summed E-state index contributed by atoms with van der Waals surface area (Å²) < 4.78 is 0. The fourth-order valence-electron chi connectivity index (χ4n) is 4.94. The molecule has 0 radical (unpaired) electrons. The summed E-state index contributed by atoms with van der Waals surface area (Å²) in [5.41, 5.74) is 1.51. The third-order valence-electron chi connectivity index (χ3n) is 6.19. The van der Waals surface area contributed by atoms with Crippen LogP contribution in [0.4, 0.5) is 5.69 Å².